The molecule has 2 aromatic heterocycles. The zero-order valence-corrected chi connectivity index (χ0v) is 13.5. The first-order chi connectivity index (χ1) is 9.65. The fraction of sp³-hybridized carbons (Fsp3) is 0.200. The number of hydrogen-bond acceptors (Lipinski definition) is 4. The molecule has 102 valence electrons. The van der Waals surface area contributed by atoms with Crippen molar-refractivity contribution in [2.24, 2.45) is 0 Å². The van der Waals surface area contributed by atoms with Crippen LogP contribution in [0, 0.1) is 0 Å². The van der Waals surface area contributed by atoms with Crippen molar-refractivity contribution in [1.82, 2.24) is 9.97 Å². The number of aromatic nitrogens is 2. The molecule has 0 aliphatic heterocycles. The second-order valence-electron chi connectivity index (χ2n) is 4.62. The van der Waals surface area contributed by atoms with Gasteiger partial charge in [-0.2, -0.15) is 0 Å². The molecule has 0 spiro atoms. The van der Waals surface area contributed by atoms with E-state index in [1.807, 2.05) is 12.1 Å². The summed E-state index contributed by atoms with van der Waals surface area (Å²) in [6.07, 6.45) is 1.69. The third kappa shape index (κ3) is 2.69. The molecule has 0 unspecified atom stereocenters. The van der Waals surface area contributed by atoms with Gasteiger partial charge in [-0.25, -0.2) is 9.97 Å². The van der Waals surface area contributed by atoms with Gasteiger partial charge < -0.3 is 5.73 Å². The summed E-state index contributed by atoms with van der Waals surface area (Å²) in [7, 11) is 0. The number of nitrogen functional groups attached to an aromatic ring is 1. The molecule has 0 bridgehead atoms. The molecule has 3 rings (SSSR count). The number of thiophene rings is 1. The lowest BCUT2D eigenvalue weighted by Gasteiger charge is -2.03. The molecular weight excluding hydrogens is 334 g/mol. The van der Waals surface area contributed by atoms with E-state index in [0.717, 1.165) is 26.9 Å². The van der Waals surface area contributed by atoms with Crippen LogP contribution in [0.4, 0.5) is 5.82 Å². The van der Waals surface area contributed by atoms with Gasteiger partial charge in [0.05, 0.1) is 5.39 Å². The van der Waals surface area contributed by atoms with Crippen LogP contribution in [-0.2, 0) is 12.8 Å². The van der Waals surface area contributed by atoms with Crippen LogP contribution in [0.1, 0.15) is 23.2 Å². The Bertz CT molecular complexity index is 767. The summed E-state index contributed by atoms with van der Waals surface area (Å²) in [6.45, 7) is 2.14. The van der Waals surface area contributed by atoms with Gasteiger partial charge in [0.15, 0.2) is 0 Å². The Balaban J connectivity index is 1.99. The van der Waals surface area contributed by atoms with Gasteiger partial charge in [0.2, 0.25) is 0 Å². The average molecular weight is 348 g/mol. The molecule has 0 fully saturated rings. The maximum absolute atomic E-state index is 6.05. The highest BCUT2D eigenvalue weighted by Crippen LogP contribution is 2.28. The minimum atomic E-state index is 0.580. The van der Waals surface area contributed by atoms with E-state index in [1.165, 1.54) is 10.4 Å². The Kier molecular flexibility index (Phi) is 3.72. The molecular formula is C15H14BrN3S. The molecule has 20 heavy (non-hydrogen) atoms. The van der Waals surface area contributed by atoms with Crippen molar-refractivity contribution in [3.8, 4) is 0 Å². The molecule has 2 heterocycles. The van der Waals surface area contributed by atoms with Gasteiger partial charge in [0.25, 0.3) is 0 Å². The van der Waals surface area contributed by atoms with Crippen molar-refractivity contribution in [3.63, 3.8) is 0 Å². The van der Waals surface area contributed by atoms with E-state index in [1.54, 1.807) is 11.3 Å². The fourth-order valence-corrected chi connectivity index (χ4v) is 3.56. The first-order valence-corrected chi connectivity index (χ1v) is 8.06. The number of fused-ring (bicyclic) bond motifs is 1. The third-order valence-electron chi connectivity index (χ3n) is 3.12. The standard InChI is InChI=1S/C15H14BrN3S/c1-2-11-8-12-14(17)18-13(19-15(12)20-11)7-9-4-3-5-10(16)6-9/h3-6,8H,2,7H2,1H3,(H2,17,18,19). The molecule has 3 nitrogen and oxygen atoms in total. The second-order valence-corrected chi connectivity index (χ2v) is 6.65. The summed E-state index contributed by atoms with van der Waals surface area (Å²) in [6, 6.07) is 10.3. The van der Waals surface area contributed by atoms with Gasteiger partial charge in [-0.1, -0.05) is 35.0 Å². The highest BCUT2D eigenvalue weighted by molar-refractivity contribution is 9.10. The van der Waals surface area contributed by atoms with Gasteiger partial charge in [-0.05, 0) is 30.2 Å². The zero-order chi connectivity index (χ0) is 14.1. The third-order valence-corrected chi connectivity index (χ3v) is 4.79. The van der Waals surface area contributed by atoms with Gasteiger partial charge in [-0.3, -0.25) is 0 Å². The minimum Gasteiger partial charge on any atom is -0.383 e. The summed E-state index contributed by atoms with van der Waals surface area (Å²) in [5.74, 6) is 1.36. The first kappa shape index (κ1) is 13.5. The normalized spacial score (nSPS) is 11.1. The van der Waals surface area contributed by atoms with Crippen LogP contribution < -0.4 is 5.73 Å². The van der Waals surface area contributed by atoms with Gasteiger partial charge in [0, 0.05) is 15.8 Å². The number of rotatable bonds is 3. The summed E-state index contributed by atoms with van der Waals surface area (Å²) in [4.78, 5) is 11.4. The lowest BCUT2D eigenvalue weighted by atomic mass is 10.1. The maximum atomic E-state index is 6.05. The highest BCUT2D eigenvalue weighted by atomic mass is 79.9. The Morgan fingerprint density at radius 1 is 1.25 bits per heavy atom. The van der Waals surface area contributed by atoms with Crippen LogP contribution in [0.2, 0.25) is 0 Å². The minimum absolute atomic E-state index is 0.580. The van der Waals surface area contributed by atoms with Crippen LogP contribution in [0.3, 0.4) is 0 Å². The molecule has 0 radical (unpaired) electrons. The number of nitrogens with zero attached hydrogens (tertiary/aromatic N) is 2. The second kappa shape index (κ2) is 5.50. The highest BCUT2D eigenvalue weighted by Gasteiger charge is 2.09. The zero-order valence-electron chi connectivity index (χ0n) is 11.1. The lowest BCUT2D eigenvalue weighted by Crippen LogP contribution is -2.00. The van der Waals surface area contributed by atoms with Crippen molar-refractivity contribution in [1.29, 1.82) is 0 Å². The summed E-state index contributed by atoms with van der Waals surface area (Å²) >= 11 is 5.18. The maximum Gasteiger partial charge on any atom is 0.136 e. The fourth-order valence-electron chi connectivity index (χ4n) is 2.12. The Labute approximate surface area is 130 Å². The van der Waals surface area contributed by atoms with E-state index in [-0.39, 0.29) is 0 Å². The molecule has 0 aliphatic rings. The van der Waals surface area contributed by atoms with Gasteiger partial charge >= 0.3 is 0 Å². The molecule has 3 aromatic rings. The SMILES string of the molecule is CCc1cc2c(N)nc(Cc3cccc(Br)c3)nc2s1. The van der Waals surface area contributed by atoms with Crippen molar-refractivity contribution >= 4 is 43.3 Å². The number of aryl methyl sites for hydroxylation is 1. The predicted octanol–water partition coefficient (Wildman–Crippen LogP) is 4.19. The van der Waals surface area contributed by atoms with E-state index in [0.29, 0.717) is 12.2 Å². The van der Waals surface area contributed by atoms with Crippen LogP contribution >= 0.6 is 27.3 Å². The topological polar surface area (TPSA) is 51.8 Å². The first-order valence-electron chi connectivity index (χ1n) is 6.45. The van der Waals surface area contributed by atoms with Crippen LogP contribution in [0.5, 0.6) is 0 Å². The quantitative estimate of drug-likeness (QED) is 0.772. The van der Waals surface area contributed by atoms with Gasteiger partial charge in [0.1, 0.15) is 16.5 Å². The molecule has 0 amide bonds. The van der Waals surface area contributed by atoms with Crippen molar-refractivity contribution in [2.45, 2.75) is 19.8 Å². The monoisotopic (exact) mass is 347 g/mol. The summed E-state index contributed by atoms with van der Waals surface area (Å²) in [5.41, 5.74) is 7.23. The largest absolute Gasteiger partial charge is 0.383 e. The van der Waals surface area contributed by atoms with Crippen LogP contribution in [0.15, 0.2) is 34.8 Å². The van der Waals surface area contributed by atoms with Crippen LogP contribution in [-0.4, -0.2) is 9.97 Å². The summed E-state index contributed by atoms with van der Waals surface area (Å²) < 4.78 is 1.06. The number of nitrogens with two attached hydrogens (primary N) is 1. The Hall–Kier alpha value is -1.46. The number of benzene rings is 1. The molecule has 0 saturated heterocycles. The Morgan fingerprint density at radius 3 is 2.85 bits per heavy atom. The number of anilines is 1. The predicted molar refractivity (Wildman–Crippen MR) is 88.2 cm³/mol. The van der Waals surface area contributed by atoms with Crippen molar-refractivity contribution in [3.05, 3.63) is 51.1 Å². The molecule has 5 heteroatoms. The smallest absolute Gasteiger partial charge is 0.136 e. The van der Waals surface area contributed by atoms with E-state index in [4.69, 9.17) is 5.73 Å². The van der Waals surface area contributed by atoms with E-state index >= 15 is 0 Å². The van der Waals surface area contributed by atoms with E-state index in [9.17, 15) is 0 Å². The lowest BCUT2D eigenvalue weighted by molar-refractivity contribution is 1.00. The van der Waals surface area contributed by atoms with Crippen molar-refractivity contribution in [2.75, 3.05) is 5.73 Å². The molecule has 0 aliphatic carbocycles. The Morgan fingerprint density at radius 2 is 2.10 bits per heavy atom. The number of halogens is 1. The van der Waals surface area contributed by atoms with Crippen molar-refractivity contribution < 1.29 is 0 Å². The van der Waals surface area contributed by atoms with E-state index < -0.39 is 0 Å². The average Bonchev–Trinajstić information content (AvgIpc) is 2.82. The van der Waals surface area contributed by atoms with E-state index in [2.05, 4.69) is 51.0 Å². The summed E-state index contributed by atoms with van der Waals surface area (Å²) in [5, 5.41) is 0.977. The van der Waals surface area contributed by atoms with Crippen LogP contribution in [0.25, 0.3) is 10.2 Å². The molecule has 0 saturated carbocycles. The molecule has 0 atom stereocenters. The molecule has 1 aromatic carbocycles. The van der Waals surface area contributed by atoms with Gasteiger partial charge in [-0.15, -0.1) is 11.3 Å². The molecule has 2 N–H and O–H groups in total. The number of hydrogen-bond donors (Lipinski definition) is 1.